The molecule has 0 N–H and O–H groups in total. The summed E-state index contributed by atoms with van der Waals surface area (Å²) >= 11 is 0. The number of pyridine rings is 1. The molecular weight excluding hydrogens is 332 g/mol. The highest BCUT2D eigenvalue weighted by Crippen LogP contribution is 2.37. The van der Waals surface area contributed by atoms with Crippen LogP contribution >= 0.6 is 0 Å². The number of nitrogens with zero attached hydrogens (tertiary/aromatic N) is 2. The maximum atomic E-state index is 9.97. The number of hydrogen-bond acceptors (Lipinski definition) is 2. The molecule has 2 aromatic carbocycles. The molecule has 3 heteroatoms. The van der Waals surface area contributed by atoms with Crippen LogP contribution in [-0.4, -0.2) is 0 Å². The van der Waals surface area contributed by atoms with Crippen LogP contribution in [0.1, 0.15) is 30.5 Å². The van der Waals surface area contributed by atoms with Crippen molar-refractivity contribution in [3.8, 4) is 17.3 Å². The summed E-state index contributed by atoms with van der Waals surface area (Å²) in [5.41, 5.74) is 6.43. The first kappa shape index (κ1) is 17.3. The Morgan fingerprint density at radius 2 is 1.93 bits per heavy atom. The molecule has 4 rings (SSSR count). The molecule has 0 aliphatic heterocycles. The minimum atomic E-state index is 0.591. The third-order valence-corrected chi connectivity index (χ3v) is 5.09. The van der Waals surface area contributed by atoms with Crippen molar-refractivity contribution >= 4 is 21.9 Å². The van der Waals surface area contributed by atoms with E-state index in [2.05, 4.69) is 51.1 Å². The summed E-state index contributed by atoms with van der Waals surface area (Å²) in [4.78, 5) is 0. The fourth-order valence-corrected chi connectivity index (χ4v) is 3.91. The smallest absolute Gasteiger partial charge is 0.214 e. The molecule has 0 saturated carbocycles. The second-order valence-electron chi connectivity index (χ2n) is 7.66. The van der Waals surface area contributed by atoms with Crippen LogP contribution < -0.4 is 4.57 Å². The lowest BCUT2D eigenvalue weighted by atomic mass is 9.95. The summed E-state index contributed by atoms with van der Waals surface area (Å²) in [6.07, 6.45) is 3.01. The molecule has 0 unspecified atom stereocenters. The summed E-state index contributed by atoms with van der Waals surface area (Å²) < 4.78 is 8.26. The summed E-state index contributed by atoms with van der Waals surface area (Å²) in [5, 5.41) is 12.1. The van der Waals surface area contributed by atoms with E-state index in [1.165, 1.54) is 5.56 Å². The monoisotopic (exact) mass is 355 g/mol. The Labute approximate surface area is 159 Å². The molecule has 0 saturated heterocycles. The van der Waals surface area contributed by atoms with E-state index in [9.17, 15) is 5.26 Å². The quantitative estimate of drug-likeness (QED) is 0.458. The maximum absolute atomic E-state index is 9.97. The van der Waals surface area contributed by atoms with Crippen molar-refractivity contribution in [2.24, 2.45) is 13.0 Å². The number of benzene rings is 2. The van der Waals surface area contributed by atoms with Gasteiger partial charge in [0.1, 0.15) is 24.3 Å². The number of furan rings is 1. The van der Waals surface area contributed by atoms with Gasteiger partial charge in [-0.05, 0) is 48.6 Å². The first-order valence-corrected chi connectivity index (χ1v) is 9.33. The zero-order valence-electron chi connectivity index (χ0n) is 16.2. The van der Waals surface area contributed by atoms with Crippen molar-refractivity contribution in [3.05, 3.63) is 65.4 Å². The molecule has 0 spiro atoms. The number of nitriles is 1. The number of rotatable bonds is 3. The van der Waals surface area contributed by atoms with Crippen molar-refractivity contribution in [3.63, 3.8) is 0 Å². The van der Waals surface area contributed by atoms with E-state index in [-0.39, 0.29) is 0 Å². The maximum Gasteiger partial charge on any atom is 0.214 e. The van der Waals surface area contributed by atoms with E-state index in [0.717, 1.165) is 39.6 Å². The third-order valence-electron chi connectivity index (χ3n) is 5.09. The van der Waals surface area contributed by atoms with Gasteiger partial charge >= 0.3 is 0 Å². The molecule has 0 aliphatic rings. The summed E-state index contributed by atoms with van der Waals surface area (Å²) in [5.74, 6) is 0.591. The molecule has 0 atom stereocenters. The summed E-state index contributed by atoms with van der Waals surface area (Å²) in [6, 6.07) is 17.0. The second-order valence-corrected chi connectivity index (χ2v) is 7.66. The summed E-state index contributed by atoms with van der Waals surface area (Å²) in [6.45, 7) is 6.49. The van der Waals surface area contributed by atoms with E-state index in [0.29, 0.717) is 17.1 Å². The van der Waals surface area contributed by atoms with Crippen LogP contribution in [0, 0.1) is 24.2 Å². The van der Waals surface area contributed by atoms with E-state index >= 15 is 0 Å². The van der Waals surface area contributed by atoms with Crippen LogP contribution in [0.4, 0.5) is 0 Å². The fourth-order valence-electron chi connectivity index (χ4n) is 3.91. The highest BCUT2D eigenvalue weighted by atomic mass is 16.3. The van der Waals surface area contributed by atoms with Crippen LogP contribution in [0.5, 0.6) is 0 Å². The molecule has 2 aromatic heterocycles. The van der Waals surface area contributed by atoms with Gasteiger partial charge in [0.05, 0.1) is 5.56 Å². The standard InChI is InChI=1S/C24H23N2O/c1-15(2)11-17-8-9-18-19-12-16(3)23(21-7-5-6-10-26(21)4)20(14-25)24(19)27-22(18)13-17/h5-10,12-13,15H,11H2,1-4H3/q+1. The van der Waals surface area contributed by atoms with E-state index in [1.54, 1.807) is 0 Å². The Morgan fingerprint density at radius 1 is 1.11 bits per heavy atom. The zero-order valence-corrected chi connectivity index (χ0v) is 16.2. The Balaban J connectivity index is 2.03. The van der Waals surface area contributed by atoms with Crippen molar-refractivity contribution in [1.82, 2.24) is 0 Å². The van der Waals surface area contributed by atoms with Crippen molar-refractivity contribution < 1.29 is 8.98 Å². The number of aryl methyl sites for hydroxylation is 2. The van der Waals surface area contributed by atoms with Gasteiger partial charge in [0.2, 0.25) is 5.69 Å². The lowest BCUT2D eigenvalue weighted by Crippen LogP contribution is -2.30. The van der Waals surface area contributed by atoms with Gasteiger partial charge in [-0.1, -0.05) is 26.0 Å². The first-order chi connectivity index (χ1) is 13.0. The lowest BCUT2D eigenvalue weighted by Gasteiger charge is -2.07. The van der Waals surface area contributed by atoms with Crippen LogP contribution in [0.15, 0.2) is 53.1 Å². The molecule has 27 heavy (non-hydrogen) atoms. The van der Waals surface area contributed by atoms with Gasteiger partial charge in [0, 0.05) is 22.9 Å². The zero-order chi connectivity index (χ0) is 19.1. The highest BCUT2D eigenvalue weighted by Gasteiger charge is 2.22. The Morgan fingerprint density at radius 3 is 2.63 bits per heavy atom. The minimum absolute atomic E-state index is 0.591. The van der Waals surface area contributed by atoms with Crippen molar-refractivity contribution in [2.45, 2.75) is 27.2 Å². The minimum Gasteiger partial charge on any atom is -0.455 e. The number of hydrogen-bond donors (Lipinski definition) is 0. The van der Waals surface area contributed by atoms with Crippen LogP contribution in [0.25, 0.3) is 33.2 Å². The number of fused-ring (bicyclic) bond motifs is 3. The molecule has 134 valence electrons. The van der Waals surface area contributed by atoms with Crippen LogP contribution in [0.3, 0.4) is 0 Å². The van der Waals surface area contributed by atoms with E-state index in [1.807, 2.05) is 36.0 Å². The Hall–Kier alpha value is -3.12. The predicted octanol–water partition coefficient (Wildman–Crippen LogP) is 5.46. The molecular formula is C24H23N2O+. The largest absolute Gasteiger partial charge is 0.455 e. The van der Waals surface area contributed by atoms with Gasteiger partial charge in [-0.2, -0.15) is 5.26 Å². The lowest BCUT2D eigenvalue weighted by molar-refractivity contribution is -0.660. The summed E-state index contributed by atoms with van der Waals surface area (Å²) in [7, 11) is 2.00. The van der Waals surface area contributed by atoms with Gasteiger partial charge in [-0.3, -0.25) is 0 Å². The van der Waals surface area contributed by atoms with Gasteiger partial charge in [0.15, 0.2) is 11.8 Å². The Bertz CT molecular complexity index is 1210. The average molecular weight is 355 g/mol. The SMILES string of the molecule is Cc1cc2c(oc3cc(CC(C)C)ccc32)c(C#N)c1-c1cccc[n+]1C. The second kappa shape index (κ2) is 6.55. The van der Waals surface area contributed by atoms with Crippen LogP contribution in [0.2, 0.25) is 0 Å². The molecule has 0 bridgehead atoms. The van der Waals surface area contributed by atoms with Gasteiger partial charge in [-0.15, -0.1) is 0 Å². The van der Waals surface area contributed by atoms with Gasteiger partial charge in [0.25, 0.3) is 0 Å². The molecule has 0 amide bonds. The van der Waals surface area contributed by atoms with Crippen molar-refractivity contribution in [1.29, 1.82) is 5.26 Å². The van der Waals surface area contributed by atoms with Crippen LogP contribution in [-0.2, 0) is 13.5 Å². The van der Waals surface area contributed by atoms with Crippen molar-refractivity contribution in [2.75, 3.05) is 0 Å². The highest BCUT2D eigenvalue weighted by molar-refractivity contribution is 6.08. The Kier molecular flexibility index (Phi) is 4.20. The van der Waals surface area contributed by atoms with E-state index < -0.39 is 0 Å². The molecule has 0 radical (unpaired) electrons. The molecule has 0 aliphatic carbocycles. The third kappa shape index (κ3) is 2.88. The average Bonchev–Trinajstić information content (AvgIpc) is 2.98. The first-order valence-electron chi connectivity index (χ1n) is 9.33. The molecule has 0 fully saturated rings. The topological polar surface area (TPSA) is 40.8 Å². The molecule has 2 heterocycles. The van der Waals surface area contributed by atoms with Gasteiger partial charge < -0.3 is 4.42 Å². The van der Waals surface area contributed by atoms with E-state index in [4.69, 9.17) is 4.42 Å². The fraction of sp³-hybridized carbons (Fsp3) is 0.250. The molecule has 4 aromatic rings. The molecule has 3 nitrogen and oxygen atoms in total. The normalized spacial score (nSPS) is 11.4. The van der Waals surface area contributed by atoms with Gasteiger partial charge in [-0.25, -0.2) is 4.57 Å². The number of aromatic nitrogens is 1. The predicted molar refractivity (Wildman–Crippen MR) is 108 cm³/mol.